The highest BCUT2D eigenvalue weighted by atomic mass is 31.2. The third kappa shape index (κ3) is 71.1. The van der Waals surface area contributed by atoms with Gasteiger partial charge in [-0.1, -0.05) is 357 Å². The first-order chi connectivity index (χ1) is 47.3. The van der Waals surface area contributed by atoms with Gasteiger partial charge in [0.05, 0.1) is 26.4 Å². The molecule has 0 aromatic heterocycles. The number of carbonyl (C=O) groups excluding carboxylic acids is 4. The van der Waals surface area contributed by atoms with Crippen LogP contribution in [0.1, 0.15) is 408 Å². The second kappa shape index (κ2) is 69.4. The van der Waals surface area contributed by atoms with E-state index in [1.165, 1.54) is 218 Å². The molecule has 0 aliphatic carbocycles. The van der Waals surface area contributed by atoms with Crippen molar-refractivity contribution in [3.05, 3.63) is 0 Å². The molecule has 98 heavy (non-hydrogen) atoms. The maximum Gasteiger partial charge on any atom is 0.472 e. The quantitative estimate of drug-likeness (QED) is 0.0222. The summed E-state index contributed by atoms with van der Waals surface area (Å²) in [5.74, 6) is 0.250. The van der Waals surface area contributed by atoms with E-state index in [0.29, 0.717) is 25.7 Å². The molecule has 3 unspecified atom stereocenters. The molecule has 0 aliphatic heterocycles. The van der Waals surface area contributed by atoms with Crippen LogP contribution < -0.4 is 0 Å². The van der Waals surface area contributed by atoms with Crippen LogP contribution in [0.25, 0.3) is 0 Å². The number of ether oxygens (including phenoxy) is 4. The summed E-state index contributed by atoms with van der Waals surface area (Å²) >= 11 is 0. The first-order valence-electron chi connectivity index (χ1n) is 40.9. The van der Waals surface area contributed by atoms with Crippen LogP contribution in [0.15, 0.2) is 0 Å². The van der Waals surface area contributed by atoms with Crippen molar-refractivity contribution in [2.45, 2.75) is 426 Å². The second-order valence-corrected chi connectivity index (χ2v) is 32.6. The van der Waals surface area contributed by atoms with Crippen molar-refractivity contribution in [2.75, 3.05) is 39.6 Å². The molecule has 0 radical (unpaired) electrons. The summed E-state index contributed by atoms with van der Waals surface area (Å²) in [4.78, 5) is 73.0. The fourth-order valence-corrected chi connectivity index (χ4v) is 13.7. The molecule has 0 saturated carbocycles. The largest absolute Gasteiger partial charge is 0.472 e. The number of phosphoric ester groups is 2. The summed E-state index contributed by atoms with van der Waals surface area (Å²) in [5, 5.41) is 10.6. The summed E-state index contributed by atoms with van der Waals surface area (Å²) in [6.07, 6.45) is 56.7. The summed E-state index contributed by atoms with van der Waals surface area (Å²) in [6.45, 7) is 12.0. The molecule has 0 fully saturated rings. The Kier molecular flexibility index (Phi) is 68.1. The van der Waals surface area contributed by atoms with Crippen molar-refractivity contribution in [2.24, 2.45) is 17.8 Å². The molecule has 0 aromatic carbocycles. The average Bonchev–Trinajstić information content (AvgIpc) is 1.29. The Bertz CT molecular complexity index is 1910. The van der Waals surface area contributed by atoms with E-state index in [0.717, 1.165) is 108 Å². The molecule has 0 rings (SSSR count). The van der Waals surface area contributed by atoms with Crippen molar-refractivity contribution < 1.29 is 80.2 Å². The summed E-state index contributed by atoms with van der Waals surface area (Å²) in [6, 6.07) is 0. The van der Waals surface area contributed by atoms with Crippen molar-refractivity contribution >= 4 is 39.5 Å². The molecule has 17 nitrogen and oxygen atoms in total. The molecular formula is C79H154O17P2. The number of unbranched alkanes of at least 4 members (excludes halogenated alkanes) is 44. The number of aliphatic hydroxyl groups is 1. The van der Waals surface area contributed by atoms with Gasteiger partial charge in [-0.3, -0.25) is 37.3 Å². The number of phosphoric acid groups is 2. The lowest BCUT2D eigenvalue weighted by atomic mass is 9.99. The van der Waals surface area contributed by atoms with Crippen molar-refractivity contribution in [3.8, 4) is 0 Å². The highest BCUT2D eigenvalue weighted by molar-refractivity contribution is 7.47. The van der Waals surface area contributed by atoms with Crippen LogP contribution in [0.5, 0.6) is 0 Å². The van der Waals surface area contributed by atoms with E-state index in [-0.39, 0.29) is 25.7 Å². The third-order valence-corrected chi connectivity index (χ3v) is 20.6. The van der Waals surface area contributed by atoms with Crippen molar-refractivity contribution in [1.29, 1.82) is 0 Å². The Labute approximate surface area is 600 Å². The minimum atomic E-state index is -4.96. The summed E-state index contributed by atoms with van der Waals surface area (Å²) < 4.78 is 68.7. The van der Waals surface area contributed by atoms with Crippen molar-refractivity contribution in [3.63, 3.8) is 0 Å². The van der Waals surface area contributed by atoms with Gasteiger partial charge < -0.3 is 33.8 Å². The molecule has 6 atom stereocenters. The Morgan fingerprint density at radius 3 is 0.776 bits per heavy atom. The lowest BCUT2D eigenvalue weighted by Gasteiger charge is -2.21. The fourth-order valence-electron chi connectivity index (χ4n) is 12.1. The smallest absolute Gasteiger partial charge is 0.462 e. The van der Waals surface area contributed by atoms with Crippen molar-refractivity contribution in [1.82, 2.24) is 0 Å². The number of rotatable bonds is 77. The molecule has 0 bridgehead atoms. The van der Waals surface area contributed by atoms with Gasteiger partial charge in [0, 0.05) is 25.7 Å². The predicted octanol–water partition coefficient (Wildman–Crippen LogP) is 23.4. The summed E-state index contributed by atoms with van der Waals surface area (Å²) in [7, 11) is -9.92. The fraction of sp³-hybridized carbons (Fsp3) is 0.949. The topological polar surface area (TPSA) is 237 Å². The maximum atomic E-state index is 13.1. The van der Waals surface area contributed by atoms with Gasteiger partial charge in [0.1, 0.15) is 19.3 Å². The number of aliphatic hydroxyl groups excluding tert-OH is 1. The Morgan fingerprint density at radius 1 is 0.296 bits per heavy atom. The monoisotopic (exact) mass is 1440 g/mol. The van der Waals surface area contributed by atoms with Gasteiger partial charge in [-0.2, -0.15) is 0 Å². The van der Waals surface area contributed by atoms with Crippen LogP contribution >= 0.6 is 15.6 Å². The molecule has 0 saturated heterocycles. The minimum Gasteiger partial charge on any atom is -0.462 e. The molecule has 3 N–H and O–H groups in total. The van der Waals surface area contributed by atoms with Crippen LogP contribution in [-0.2, 0) is 65.4 Å². The van der Waals surface area contributed by atoms with Gasteiger partial charge in [-0.25, -0.2) is 9.13 Å². The zero-order valence-electron chi connectivity index (χ0n) is 64.3. The zero-order valence-corrected chi connectivity index (χ0v) is 66.0. The number of hydrogen-bond donors (Lipinski definition) is 3. The average molecular weight is 1440 g/mol. The molecule has 0 spiro atoms. The molecule has 0 amide bonds. The number of hydrogen-bond acceptors (Lipinski definition) is 15. The first kappa shape index (κ1) is 96.1. The zero-order chi connectivity index (χ0) is 72.3. The normalized spacial score (nSPS) is 14.3. The van der Waals surface area contributed by atoms with Crippen LogP contribution in [0.2, 0.25) is 0 Å². The number of esters is 4. The van der Waals surface area contributed by atoms with Crippen LogP contribution in [0, 0.1) is 17.8 Å². The number of carbonyl (C=O) groups is 4. The maximum absolute atomic E-state index is 13.1. The molecular weight excluding hydrogens is 1280 g/mol. The lowest BCUT2D eigenvalue weighted by Crippen LogP contribution is -2.30. The highest BCUT2D eigenvalue weighted by Crippen LogP contribution is 2.45. The van der Waals surface area contributed by atoms with Gasteiger partial charge in [-0.05, 0) is 43.4 Å². The van der Waals surface area contributed by atoms with Gasteiger partial charge in [0.15, 0.2) is 12.2 Å². The molecule has 582 valence electrons. The molecule has 0 heterocycles. The third-order valence-electron chi connectivity index (χ3n) is 18.7. The van der Waals surface area contributed by atoms with E-state index in [9.17, 15) is 43.2 Å². The van der Waals surface area contributed by atoms with Gasteiger partial charge in [0.2, 0.25) is 0 Å². The first-order valence-corrected chi connectivity index (χ1v) is 43.9. The van der Waals surface area contributed by atoms with E-state index < -0.39 is 97.5 Å². The standard InChI is InChI=1S/C79H154O17P2/c1-8-10-11-12-13-14-15-26-31-39-46-53-60-76(81)90-67-75(96-79(84)63-56-49-42-35-34-38-45-52-59-72(7)9-2)69-94-98(87,88)92-65-73(80)64-91-97(85,86)93-68-74(66-89-77(82)61-54-47-40-32-27-23-19-21-25-30-37-44-51-58-71(5)6)95-78(83)62-55-48-41-33-28-22-18-16-17-20-24-29-36-43-50-57-70(3)4/h70-75,80H,8-69H2,1-7H3,(H,85,86)(H,87,88)/t72?,73-,74-,75-/m1/s1. The minimum absolute atomic E-state index is 0.105. The molecule has 19 heteroatoms. The SMILES string of the molecule is CCCCCCCCCCCCCCC(=O)OC[C@H](COP(=O)(O)OC[C@H](O)COP(=O)(O)OC[C@@H](COC(=O)CCCCCCCCCCCCCCCC(C)C)OC(=O)CCCCCCCCCCCCCCCCCC(C)C)OC(=O)CCCCCCCCCCC(C)CC. The van der Waals surface area contributed by atoms with Crippen LogP contribution in [0.3, 0.4) is 0 Å². The Hall–Kier alpha value is -1.94. The molecule has 0 aliphatic rings. The van der Waals surface area contributed by atoms with E-state index in [1.807, 2.05) is 0 Å². The van der Waals surface area contributed by atoms with Gasteiger partial charge in [-0.15, -0.1) is 0 Å². The molecule has 0 aromatic rings. The predicted molar refractivity (Wildman–Crippen MR) is 400 cm³/mol. The Morgan fingerprint density at radius 2 is 0.520 bits per heavy atom. The second-order valence-electron chi connectivity index (χ2n) is 29.6. The van der Waals surface area contributed by atoms with E-state index in [2.05, 4.69) is 48.5 Å². The van der Waals surface area contributed by atoms with E-state index in [1.54, 1.807) is 0 Å². The highest BCUT2D eigenvalue weighted by Gasteiger charge is 2.30. The van der Waals surface area contributed by atoms with E-state index in [4.69, 9.17) is 37.0 Å². The van der Waals surface area contributed by atoms with Crippen LogP contribution in [-0.4, -0.2) is 96.7 Å². The van der Waals surface area contributed by atoms with Gasteiger partial charge >= 0.3 is 39.5 Å². The van der Waals surface area contributed by atoms with Crippen LogP contribution in [0.4, 0.5) is 0 Å². The van der Waals surface area contributed by atoms with Gasteiger partial charge in [0.25, 0.3) is 0 Å². The Balaban J connectivity index is 5.26. The summed E-state index contributed by atoms with van der Waals surface area (Å²) in [5.41, 5.74) is 0. The lowest BCUT2D eigenvalue weighted by molar-refractivity contribution is -0.161. The van der Waals surface area contributed by atoms with E-state index >= 15 is 0 Å².